The summed E-state index contributed by atoms with van der Waals surface area (Å²) in [7, 11) is 0. The molecular weight excluding hydrogens is 382 g/mol. The van der Waals surface area contributed by atoms with Gasteiger partial charge in [0.1, 0.15) is 5.78 Å². The Bertz CT molecular complexity index is 747. The molecule has 2 heterocycles. The van der Waals surface area contributed by atoms with Crippen molar-refractivity contribution in [1.82, 2.24) is 4.90 Å². The number of aliphatic hydroxyl groups is 1. The van der Waals surface area contributed by atoms with Crippen molar-refractivity contribution in [2.24, 2.45) is 58.7 Å². The van der Waals surface area contributed by atoms with E-state index >= 15 is 0 Å². The molecule has 0 aromatic heterocycles. The number of nitrogens with zero attached hydrogens (tertiary/aromatic N) is 1. The average Bonchev–Trinajstić information content (AvgIpc) is 3.09. The summed E-state index contributed by atoms with van der Waals surface area (Å²) in [6.07, 6.45) is 10.8. The third-order valence-corrected chi connectivity index (χ3v) is 12.1. The molecule has 6 fully saturated rings. The second-order valence-electron chi connectivity index (χ2n) is 13.7. The molecule has 6 aliphatic rings. The van der Waals surface area contributed by atoms with Crippen molar-refractivity contribution >= 4 is 5.78 Å². The van der Waals surface area contributed by atoms with Gasteiger partial charge in [-0.15, -0.1) is 0 Å². The Morgan fingerprint density at radius 1 is 0.839 bits per heavy atom. The number of rotatable bonds is 0. The van der Waals surface area contributed by atoms with E-state index in [0.717, 1.165) is 42.4 Å². The number of piperidine rings is 2. The molecule has 1 N–H and O–H groups in total. The number of hydrogen-bond acceptors (Lipinski definition) is 3. The molecule has 0 spiro atoms. The van der Waals surface area contributed by atoms with Crippen LogP contribution in [0.1, 0.15) is 85.5 Å². The van der Waals surface area contributed by atoms with Crippen LogP contribution in [-0.2, 0) is 4.79 Å². The summed E-state index contributed by atoms with van der Waals surface area (Å²) in [5, 5.41) is 11.8. The highest BCUT2D eigenvalue weighted by Gasteiger charge is 2.64. The van der Waals surface area contributed by atoms with Crippen molar-refractivity contribution < 1.29 is 9.90 Å². The van der Waals surface area contributed by atoms with E-state index < -0.39 is 5.60 Å². The zero-order chi connectivity index (χ0) is 21.7. The molecular formula is C28H45NO2. The van der Waals surface area contributed by atoms with Crippen LogP contribution in [0.2, 0.25) is 0 Å². The van der Waals surface area contributed by atoms with Crippen LogP contribution < -0.4 is 0 Å². The van der Waals surface area contributed by atoms with Gasteiger partial charge in [-0.2, -0.15) is 0 Å². The van der Waals surface area contributed by atoms with Crippen molar-refractivity contribution in [3.05, 3.63) is 0 Å². The molecule has 12 atom stereocenters. The van der Waals surface area contributed by atoms with E-state index in [1.807, 2.05) is 0 Å². The highest BCUT2D eigenvalue weighted by Crippen LogP contribution is 2.67. The third kappa shape index (κ3) is 2.94. The standard InChI is InChI=1S/C28H45NO2/c1-16-9-10-27(3)23-12-19-18(20(23)13-25(30)24(27)11-16)6-7-22-21(19)15-29-14-17(2)5-8-26(29)28(22,4)31/h16-24,26,31H,5-15H2,1-4H3/t16-,17-,18?,19?,20?,21?,22?,23?,24+,26?,27+,28-/m1/s1. The van der Waals surface area contributed by atoms with Crippen LogP contribution in [0, 0.1) is 58.7 Å². The molecule has 31 heavy (non-hydrogen) atoms. The van der Waals surface area contributed by atoms with Crippen LogP contribution in [0.3, 0.4) is 0 Å². The molecule has 3 nitrogen and oxygen atoms in total. The quantitative estimate of drug-likeness (QED) is 0.580. The van der Waals surface area contributed by atoms with Crippen molar-refractivity contribution in [3.8, 4) is 0 Å². The van der Waals surface area contributed by atoms with Crippen molar-refractivity contribution in [3.63, 3.8) is 0 Å². The minimum atomic E-state index is -0.537. The molecule has 0 aromatic rings. The largest absolute Gasteiger partial charge is 0.388 e. The molecule has 174 valence electrons. The number of fused-ring (bicyclic) bond motifs is 8. The third-order valence-electron chi connectivity index (χ3n) is 12.1. The molecule has 3 heteroatoms. The van der Waals surface area contributed by atoms with Gasteiger partial charge in [-0.25, -0.2) is 0 Å². The van der Waals surface area contributed by atoms with E-state index in [1.165, 1.54) is 58.0 Å². The lowest BCUT2D eigenvalue weighted by molar-refractivity contribution is -0.175. The molecule has 2 saturated heterocycles. The lowest BCUT2D eigenvalue weighted by Gasteiger charge is -2.59. The van der Waals surface area contributed by atoms with Gasteiger partial charge in [-0.3, -0.25) is 9.69 Å². The first kappa shape index (κ1) is 21.1. The Balaban J connectivity index is 1.31. The van der Waals surface area contributed by atoms with Crippen molar-refractivity contribution in [2.45, 2.75) is 97.1 Å². The predicted octanol–water partition coefficient (Wildman–Crippen LogP) is 5.16. The molecule has 4 saturated carbocycles. The first-order chi connectivity index (χ1) is 14.7. The van der Waals surface area contributed by atoms with E-state index in [9.17, 15) is 9.90 Å². The van der Waals surface area contributed by atoms with Crippen LogP contribution in [0.5, 0.6) is 0 Å². The summed E-state index contributed by atoms with van der Waals surface area (Å²) in [5.41, 5.74) is -0.289. The van der Waals surface area contributed by atoms with Gasteiger partial charge in [0.05, 0.1) is 5.60 Å². The fraction of sp³-hybridized carbons (Fsp3) is 0.964. The maximum atomic E-state index is 13.4. The predicted molar refractivity (Wildman–Crippen MR) is 123 cm³/mol. The van der Waals surface area contributed by atoms with Crippen LogP contribution in [0.4, 0.5) is 0 Å². The molecule has 0 aromatic carbocycles. The molecule has 0 bridgehead atoms. The minimum absolute atomic E-state index is 0.249. The molecule has 7 unspecified atom stereocenters. The second kappa shape index (κ2) is 7.05. The Morgan fingerprint density at radius 3 is 2.45 bits per heavy atom. The van der Waals surface area contributed by atoms with Gasteiger partial charge in [-0.1, -0.05) is 27.2 Å². The number of hydrogen-bond donors (Lipinski definition) is 1. The van der Waals surface area contributed by atoms with Gasteiger partial charge in [-0.05, 0) is 105 Å². The molecule has 0 radical (unpaired) electrons. The van der Waals surface area contributed by atoms with Gasteiger partial charge in [0.25, 0.3) is 0 Å². The Kier molecular flexibility index (Phi) is 4.81. The number of carbonyl (C=O) groups excluding carboxylic acids is 1. The number of ketones is 1. The summed E-state index contributed by atoms with van der Waals surface area (Å²) in [6, 6.07) is 0.369. The zero-order valence-electron chi connectivity index (χ0n) is 20.4. The van der Waals surface area contributed by atoms with Gasteiger partial charge in [0.2, 0.25) is 0 Å². The summed E-state index contributed by atoms with van der Waals surface area (Å²) < 4.78 is 0. The van der Waals surface area contributed by atoms with E-state index in [2.05, 4.69) is 32.6 Å². The first-order valence-corrected chi connectivity index (χ1v) is 13.7. The average molecular weight is 428 g/mol. The Labute approximate surface area is 189 Å². The number of carbonyl (C=O) groups is 1. The van der Waals surface area contributed by atoms with Crippen molar-refractivity contribution in [1.29, 1.82) is 0 Å². The fourth-order valence-electron chi connectivity index (χ4n) is 10.6. The van der Waals surface area contributed by atoms with Crippen molar-refractivity contribution in [2.75, 3.05) is 13.1 Å². The van der Waals surface area contributed by atoms with E-state index in [4.69, 9.17) is 0 Å². The van der Waals surface area contributed by atoms with Crippen LogP contribution in [-0.4, -0.2) is 40.5 Å². The SMILES string of the molecule is C[C@@H]1CC[C@@]2(C)C3CC4C(CCC5C4CN4C[C@H](C)CCC4[C@]5(C)O)C3CC(=O)[C@@H]2C1. The number of Topliss-reactive ketones (excluding diaryl/α,β-unsaturated/α-hetero) is 1. The normalized spacial score (nSPS) is 59.2. The minimum Gasteiger partial charge on any atom is -0.388 e. The first-order valence-electron chi connectivity index (χ1n) is 13.7. The van der Waals surface area contributed by atoms with Gasteiger partial charge >= 0.3 is 0 Å². The molecule has 2 aliphatic heterocycles. The van der Waals surface area contributed by atoms with E-state index in [0.29, 0.717) is 35.5 Å². The monoisotopic (exact) mass is 427 g/mol. The maximum absolute atomic E-state index is 13.4. The van der Waals surface area contributed by atoms with Crippen LogP contribution in [0.15, 0.2) is 0 Å². The second-order valence-corrected chi connectivity index (χ2v) is 13.7. The van der Waals surface area contributed by atoms with E-state index in [-0.39, 0.29) is 5.41 Å². The Morgan fingerprint density at radius 2 is 1.65 bits per heavy atom. The highest BCUT2D eigenvalue weighted by atomic mass is 16.3. The van der Waals surface area contributed by atoms with Crippen LogP contribution >= 0.6 is 0 Å². The topological polar surface area (TPSA) is 40.5 Å². The molecule has 6 rings (SSSR count). The lowest BCUT2D eigenvalue weighted by atomic mass is 9.51. The molecule has 0 amide bonds. The highest BCUT2D eigenvalue weighted by molar-refractivity contribution is 5.83. The summed E-state index contributed by atoms with van der Waals surface area (Å²) >= 11 is 0. The summed E-state index contributed by atoms with van der Waals surface area (Å²) in [5.74, 6) is 6.39. The van der Waals surface area contributed by atoms with Gasteiger partial charge in [0.15, 0.2) is 0 Å². The molecule has 4 aliphatic carbocycles. The van der Waals surface area contributed by atoms with Crippen LogP contribution in [0.25, 0.3) is 0 Å². The Hall–Kier alpha value is -0.410. The van der Waals surface area contributed by atoms with E-state index in [1.54, 1.807) is 0 Å². The summed E-state index contributed by atoms with van der Waals surface area (Å²) in [4.78, 5) is 16.1. The zero-order valence-corrected chi connectivity index (χ0v) is 20.4. The maximum Gasteiger partial charge on any atom is 0.136 e. The van der Waals surface area contributed by atoms with Gasteiger partial charge < -0.3 is 5.11 Å². The fourth-order valence-corrected chi connectivity index (χ4v) is 10.6. The summed E-state index contributed by atoms with van der Waals surface area (Å²) in [6.45, 7) is 11.8. The lowest BCUT2D eigenvalue weighted by Crippen LogP contribution is -2.67. The van der Waals surface area contributed by atoms with Gasteiger partial charge in [0, 0.05) is 31.5 Å². The smallest absolute Gasteiger partial charge is 0.136 e.